The second-order valence-electron chi connectivity index (χ2n) is 5.53. The van der Waals surface area contributed by atoms with Gasteiger partial charge in [0, 0.05) is 36.1 Å². The number of amides is 1. The van der Waals surface area contributed by atoms with E-state index < -0.39 is 37.7 Å². The number of benzene rings is 1. The smallest absolute Gasteiger partial charge is 0.410 e. The van der Waals surface area contributed by atoms with Crippen LogP contribution in [0.4, 0.5) is 10.5 Å². The zero-order chi connectivity index (χ0) is 22.8. The number of ether oxygens (including phenoxy) is 1. The molecule has 1 aliphatic heterocycles. The van der Waals surface area contributed by atoms with Crippen molar-refractivity contribution in [1.82, 2.24) is 4.90 Å². The quantitative estimate of drug-likeness (QED) is 0.761. The number of carbonyl (C=O) groups is 1. The maximum atomic E-state index is 12.6. The molecule has 1 amide bonds. The molecule has 0 aromatic heterocycles. The Bertz CT molecular complexity index is 798. The third-order valence-electron chi connectivity index (χ3n) is 2.52. The van der Waals surface area contributed by atoms with Gasteiger partial charge in [-0.15, -0.1) is 0 Å². The van der Waals surface area contributed by atoms with Crippen molar-refractivity contribution in [2.45, 2.75) is 33.3 Å². The van der Waals surface area contributed by atoms with Gasteiger partial charge in [-0.1, -0.05) is 15.9 Å². The predicted molar refractivity (Wildman–Crippen MR) is 88.9 cm³/mol. The van der Waals surface area contributed by atoms with Crippen molar-refractivity contribution >= 4 is 27.7 Å². The van der Waals surface area contributed by atoms with E-state index in [1.165, 1.54) is 39.0 Å². The van der Waals surface area contributed by atoms with Gasteiger partial charge in [-0.3, -0.25) is 0 Å². The summed E-state index contributed by atoms with van der Waals surface area (Å²) in [6.45, 7) is -6.69. The highest BCUT2D eigenvalue weighted by atomic mass is 79.9. The molecule has 0 aliphatic carbocycles. The number of hydrogen-bond acceptors (Lipinski definition) is 3. The second-order valence-corrected chi connectivity index (χ2v) is 6.39. The van der Waals surface area contributed by atoms with Crippen LogP contribution in [0.15, 0.2) is 22.7 Å². The molecule has 0 unspecified atom stereocenters. The molecule has 2 rings (SSSR count). The van der Waals surface area contributed by atoms with Gasteiger partial charge in [0.2, 0.25) is 0 Å². The molecule has 5 heteroatoms. The summed E-state index contributed by atoms with van der Waals surface area (Å²) in [6.07, 6.45) is -1.49. The first-order chi connectivity index (χ1) is 12.8. The molecule has 1 aliphatic rings. The fourth-order valence-electron chi connectivity index (χ4n) is 1.55. The Labute approximate surface area is 146 Å². The SMILES string of the molecule is [2H]C1([2H])N(C(=O)OC(C)(C)C)C([2H])([2H])C([2H])([2H])N(c2ccc(Br)c(C)c2)C1([2H])[2H]. The minimum atomic E-state index is -3.27. The first-order valence-electron chi connectivity index (χ1n) is 10.4. The second kappa shape index (κ2) is 6.26. The zero-order valence-corrected chi connectivity index (χ0v) is 13.9. The summed E-state index contributed by atoms with van der Waals surface area (Å²) >= 11 is 3.29. The Balaban J connectivity index is 2.72. The Hall–Kier alpha value is -1.23. The van der Waals surface area contributed by atoms with Gasteiger partial charge in [0.15, 0.2) is 0 Å². The van der Waals surface area contributed by atoms with Crippen molar-refractivity contribution in [3.05, 3.63) is 28.2 Å². The first kappa shape index (κ1) is 8.42. The van der Waals surface area contributed by atoms with Gasteiger partial charge in [-0.2, -0.15) is 0 Å². The fraction of sp³-hybridized carbons (Fsp3) is 0.562. The minimum Gasteiger partial charge on any atom is -0.444 e. The lowest BCUT2D eigenvalue weighted by atomic mass is 10.2. The van der Waals surface area contributed by atoms with Crippen molar-refractivity contribution in [3.8, 4) is 0 Å². The van der Waals surface area contributed by atoms with E-state index in [1.807, 2.05) is 0 Å². The summed E-state index contributed by atoms with van der Waals surface area (Å²) < 4.78 is 72.4. The first-order valence-corrected chi connectivity index (χ1v) is 7.17. The summed E-state index contributed by atoms with van der Waals surface area (Å²) in [5.74, 6) is 0. The largest absolute Gasteiger partial charge is 0.444 e. The Morgan fingerprint density at radius 1 is 1.29 bits per heavy atom. The van der Waals surface area contributed by atoms with Gasteiger partial charge in [0.25, 0.3) is 0 Å². The summed E-state index contributed by atoms with van der Waals surface area (Å²) in [5, 5.41) is 0. The monoisotopic (exact) mass is 362 g/mol. The molecule has 1 aromatic rings. The number of anilines is 1. The van der Waals surface area contributed by atoms with Gasteiger partial charge < -0.3 is 14.5 Å². The maximum Gasteiger partial charge on any atom is 0.410 e. The number of piperazine rings is 1. The molecule has 0 atom stereocenters. The standard InChI is InChI=1S/C16H23BrN2O2/c1-12-11-13(5-6-14(12)17)18-7-9-19(10-8-18)15(20)21-16(2,3)4/h5-6,11H,7-10H2,1-4H3/i7D2,8D2,9D2,10D2. The minimum absolute atomic E-state index is 0.0720. The predicted octanol–water partition coefficient (Wildman–Crippen LogP) is 3.81. The van der Waals surface area contributed by atoms with Crippen LogP contribution in [0.3, 0.4) is 0 Å². The van der Waals surface area contributed by atoms with Gasteiger partial charge in [0.1, 0.15) is 5.60 Å². The van der Waals surface area contributed by atoms with Crippen LogP contribution in [0, 0.1) is 6.92 Å². The molecule has 0 spiro atoms. The van der Waals surface area contributed by atoms with E-state index in [4.69, 9.17) is 15.7 Å². The highest BCUT2D eigenvalue weighted by Crippen LogP contribution is 2.24. The zero-order valence-electron chi connectivity index (χ0n) is 20.3. The number of nitrogens with zero attached hydrogens (tertiary/aromatic N) is 2. The average molecular weight is 363 g/mol. The molecule has 1 fully saturated rings. The number of carbonyl (C=O) groups excluding carboxylic acids is 1. The molecule has 116 valence electrons. The van der Waals surface area contributed by atoms with Crippen LogP contribution in [0.1, 0.15) is 37.3 Å². The van der Waals surface area contributed by atoms with E-state index in [1.54, 1.807) is 6.92 Å². The van der Waals surface area contributed by atoms with Crippen molar-refractivity contribution in [1.29, 1.82) is 0 Å². The molecule has 1 heterocycles. The van der Waals surface area contributed by atoms with E-state index in [0.717, 1.165) is 0 Å². The number of rotatable bonds is 1. The van der Waals surface area contributed by atoms with Crippen LogP contribution in [-0.2, 0) is 4.74 Å². The van der Waals surface area contributed by atoms with Crippen LogP contribution in [0.5, 0.6) is 0 Å². The van der Waals surface area contributed by atoms with E-state index in [9.17, 15) is 4.79 Å². The molecule has 0 saturated carbocycles. The van der Waals surface area contributed by atoms with E-state index in [2.05, 4.69) is 15.9 Å². The van der Waals surface area contributed by atoms with Crippen molar-refractivity contribution in [2.75, 3.05) is 30.9 Å². The molecule has 1 saturated heterocycles. The molecule has 1 aromatic carbocycles. The van der Waals surface area contributed by atoms with E-state index >= 15 is 0 Å². The summed E-state index contributed by atoms with van der Waals surface area (Å²) in [5.41, 5.74) is -0.579. The summed E-state index contributed by atoms with van der Waals surface area (Å²) in [7, 11) is 0. The van der Waals surface area contributed by atoms with E-state index in [0.29, 0.717) is 14.9 Å². The van der Waals surface area contributed by atoms with Gasteiger partial charge in [-0.05, 0) is 51.5 Å². The van der Waals surface area contributed by atoms with Crippen molar-refractivity contribution in [3.63, 3.8) is 0 Å². The summed E-state index contributed by atoms with van der Waals surface area (Å²) in [4.78, 5) is 12.9. The average Bonchev–Trinajstić information content (AvgIpc) is 2.46. The lowest BCUT2D eigenvalue weighted by Crippen LogP contribution is -2.50. The molecular weight excluding hydrogens is 332 g/mol. The van der Waals surface area contributed by atoms with Crippen LogP contribution < -0.4 is 4.90 Å². The normalized spacial score (nSPS) is 31.3. The molecule has 0 radical (unpaired) electrons. The van der Waals surface area contributed by atoms with Gasteiger partial charge >= 0.3 is 6.09 Å². The third kappa shape index (κ3) is 4.37. The molecule has 0 bridgehead atoms. The van der Waals surface area contributed by atoms with Crippen LogP contribution in [-0.4, -0.2) is 42.6 Å². The van der Waals surface area contributed by atoms with Crippen molar-refractivity contribution < 1.29 is 20.5 Å². The highest BCUT2D eigenvalue weighted by molar-refractivity contribution is 9.10. The Morgan fingerprint density at radius 2 is 1.90 bits per heavy atom. The molecule has 4 nitrogen and oxygen atoms in total. The van der Waals surface area contributed by atoms with Crippen LogP contribution >= 0.6 is 15.9 Å². The molecule has 0 N–H and O–H groups in total. The fourth-order valence-corrected chi connectivity index (χ4v) is 1.80. The Morgan fingerprint density at radius 3 is 2.43 bits per heavy atom. The number of hydrogen-bond donors (Lipinski definition) is 0. The third-order valence-corrected chi connectivity index (χ3v) is 3.41. The summed E-state index contributed by atoms with van der Waals surface area (Å²) in [6, 6.07) is 4.29. The number of aryl methyl sites for hydroxylation is 1. The topological polar surface area (TPSA) is 32.8 Å². The molecular formula is C16H23BrN2O2. The highest BCUT2D eigenvalue weighted by Gasteiger charge is 2.25. The number of halogens is 1. The van der Waals surface area contributed by atoms with Crippen molar-refractivity contribution in [2.24, 2.45) is 0 Å². The van der Waals surface area contributed by atoms with E-state index in [-0.39, 0.29) is 10.6 Å². The van der Waals surface area contributed by atoms with Crippen LogP contribution in [0.25, 0.3) is 0 Å². The van der Waals surface area contributed by atoms with Gasteiger partial charge in [-0.25, -0.2) is 4.79 Å². The van der Waals surface area contributed by atoms with Gasteiger partial charge in [0.05, 0.1) is 11.0 Å². The Kier molecular flexibility index (Phi) is 2.51. The maximum absolute atomic E-state index is 12.6. The lowest BCUT2D eigenvalue weighted by molar-refractivity contribution is 0.0240. The molecule has 21 heavy (non-hydrogen) atoms. The lowest BCUT2D eigenvalue weighted by Gasteiger charge is -2.36. The van der Waals surface area contributed by atoms with Crippen LogP contribution in [0.2, 0.25) is 0 Å².